The first-order valence-corrected chi connectivity index (χ1v) is 7.77. The number of aliphatic hydroxyl groups is 1. The van der Waals surface area contributed by atoms with E-state index in [9.17, 15) is 9.90 Å². The third kappa shape index (κ3) is 3.11. The maximum absolute atomic E-state index is 12.9. The van der Waals surface area contributed by atoms with Gasteiger partial charge in [0.1, 0.15) is 0 Å². The van der Waals surface area contributed by atoms with E-state index in [2.05, 4.69) is 12.2 Å². The van der Waals surface area contributed by atoms with Crippen LogP contribution in [0.3, 0.4) is 0 Å². The number of likely N-dealkylation sites (tertiary alicyclic amines) is 1. The molecule has 0 aromatic carbocycles. The number of amides is 1. The molecule has 0 bridgehead atoms. The summed E-state index contributed by atoms with van der Waals surface area (Å²) in [6, 6.07) is 0. The minimum Gasteiger partial charge on any atom is -0.393 e. The van der Waals surface area contributed by atoms with Gasteiger partial charge in [0.05, 0.1) is 11.5 Å². The summed E-state index contributed by atoms with van der Waals surface area (Å²) in [6.45, 7) is 7.57. The van der Waals surface area contributed by atoms with E-state index in [0.717, 1.165) is 58.3 Å². The predicted octanol–water partition coefficient (Wildman–Crippen LogP) is 1.39. The molecular weight excluding hydrogens is 240 g/mol. The molecule has 2 atom stereocenters. The van der Waals surface area contributed by atoms with Crippen LogP contribution in [0.25, 0.3) is 0 Å². The van der Waals surface area contributed by atoms with Crippen molar-refractivity contribution in [3.8, 4) is 0 Å². The molecule has 0 saturated carbocycles. The molecule has 2 saturated heterocycles. The van der Waals surface area contributed by atoms with E-state index in [1.54, 1.807) is 0 Å². The van der Waals surface area contributed by atoms with Crippen molar-refractivity contribution in [3.05, 3.63) is 0 Å². The van der Waals surface area contributed by atoms with Gasteiger partial charge in [0.25, 0.3) is 0 Å². The number of hydrogen-bond donors (Lipinski definition) is 2. The highest BCUT2D eigenvalue weighted by Gasteiger charge is 2.42. The average Bonchev–Trinajstić information content (AvgIpc) is 2.42. The lowest BCUT2D eigenvalue weighted by molar-refractivity contribution is -0.148. The second-order valence-corrected chi connectivity index (χ2v) is 6.36. The highest BCUT2D eigenvalue weighted by Crippen LogP contribution is 2.37. The first kappa shape index (κ1) is 14.8. The smallest absolute Gasteiger partial charge is 0.228 e. The number of hydrogen-bond acceptors (Lipinski definition) is 3. The molecule has 2 aliphatic heterocycles. The van der Waals surface area contributed by atoms with Crippen molar-refractivity contribution in [2.75, 3.05) is 26.2 Å². The van der Waals surface area contributed by atoms with Crippen LogP contribution in [0.15, 0.2) is 0 Å². The summed E-state index contributed by atoms with van der Waals surface area (Å²) in [5.41, 5.74) is -0.137. The number of aliphatic hydroxyl groups excluding tert-OH is 1. The molecule has 0 radical (unpaired) electrons. The quantitative estimate of drug-likeness (QED) is 0.813. The Morgan fingerprint density at radius 1 is 1.42 bits per heavy atom. The second kappa shape index (κ2) is 6.23. The zero-order chi connectivity index (χ0) is 13.9. The van der Waals surface area contributed by atoms with Crippen molar-refractivity contribution >= 4 is 5.91 Å². The van der Waals surface area contributed by atoms with Crippen LogP contribution in [0.1, 0.15) is 46.0 Å². The van der Waals surface area contributed by atoms with Gasteiger partial charge in [0.2, 0.25) is 5.91 Å². The summed E-state index contributed by atoms with van der Waals surface area (Å²) in [4.78, 5) is 14.9. The van der Waals surface area contributed by atoms with Crippen LogP contribution in [0.4, 0.5) is 0 Å². The normalized spacial score (nSPS) is 31.2. The molecule has 0 aromatic rings. The van der Waals surface area contributed by atoms with Gasteiger partial charge in [0.15, 0.2) is 0 Å². The molecule has 0 aliphatic carbocycles. The third-order valence-electron chi connectivity index (χ3n) is 4.89. The Hall–Kier alpha value is -0.610. The molecule has 2 heterocycles. The third-order valence-corrected chi connectivity index (χ3v) is 4.89. The Morgan fingerprint density at radius 3 is 2.68 bits per heavy atom. The van der Waals surface area contributed by atoms with Gasteiger partial charge in [-0.1, -0.05) is 20.3 Å². The predicted molar refractivity (Wildman–Crippen MR) is 75.8 cm³/mol. The highest BCUT2D eigenvalue weighted by atomic mass is 16.3. The Balaban J connectivity index is 2.06. The monoisotopic (exact) mass is 268 g/mol. The van der Waals surface area contributed by atoms with Crippen molar-refractivity contribution < 1.29 is 9.90 Å². The fourth-order valence-electron chi connectivity index (χ4n) is 3.61. The van der Waals surface area contributed by atoms with Crippen LogP contribution in [0.2, 0.25) is 0 Å². The van der Waals surface area contributed by atoms with Crippen molar-refractivity contribution in [3.63, 3.8) is 0 Å². The van der Waals surface area contributed by atoms with Crippen LogP contribution in [-0.4, -0.2) is 48.2 Å². The molecule has 110 valence electrons. The molecular formula is C15H28N2O2. The van der Waals surface area contributed by atoms with Gasteiger partial charge >= 0.3 is 0 Å². The van der Waals surface area contributed by atoms with E-state index in [0.29, 0.717) is 5.91 Å². The summed E-state index contributed by atoms with van der Waals surface area (Å²) < 4.78 is 0. The molecule has 1 amide bonds. The number of carbonyl (C=O) groups excluding carboxylic acids is 1. The van der Waals surface area contributed by atoms with Crippen molar-refractivity contribution in [2.45, 2.75) is 52.1 Å². The largest absolute Gasteiger partial charge is 0.393 e. The van der Waals surface area contributed by atoms with E-state index >= 15 is 0 Å². The number of rotatable bonds is 3. The molecule has 2 fully saturated rings. The zero-order valence-corrected chi connectivity index (χ0v) is 12.3. The van der Waals surface area contributed by atoms with Gasteiger partial charge in [-0.2, -0.15) is 0 Å². The van der Waals surface area contributed by atoms with Gasteiger partial charge in [-0.05, 0) is 44.7 Å². The van der Waals surface area contributed by atoms with E-state index < -0.39 is 0 Å². The van der Waals surface area contributed by atoms with Crippen molar-refractivity contribution in [2.24, 2.45) is 11.3 Å². The molecule has 0 spiro atoms. The molecule has 2 rings (SSSR count). The average molecular weight is 268 g/mol. The van der Waals surface area contributed by atoms with Crippen molar-refractivity contribution in [1.82, 2.24) is 10.2 Å². The number of piperidine rings is 2. The lowest BCUT2D eigenvalue weighted by atomic mass is 9.73. The first-order chi connectivity index (χ1) is 9.09. The minimum absolute atomic E-state index is 0.137. The molecule has 2 N–H and O–H groups in total. The summed E-state index contributed by atoms with van der Waals surface area (Å²) in [5, 5.41) is 13.2. The summed E-state index contributed by atoms with van der Waals surface area (Å²) >= 11 is 0. The molecule has 2 unspecified atom stereocenters. The van der Waals surface area contributed by atoms with E-state index in [1.807, 2.05) is 11.8 Å². The Kier molecular flexibility index (Phi) is 4.85. The molecule has 0 aromatic heterocycles. The number of carbonyl (C=O) groups is 1. The highest BCUT2D eigenvalue weighted by molar-refractivity contribution is 5.83. The van der Waals surface area contributed by atoms with Gasteiger partial charge in [-0.3, -0.25) is 4.79 Å². The van der Waals surface area contributed by atoms with Gasteiger partial charge < -0.3 is 15.3 Å². The van der Waals surface area contributed by atoms with E-state index in [1.165, 1.54) is 0 Å². The second-order valence-electron chi connectivity index (χ2n) is 6.36. The maximum atomic E-state index is 12.9. The van der Waals surface area contributed by atoms with Gasteiger partial charge in [-0.15, -0.1) is 0 Å². The number of nitrogens with zero attached hydrogens (tertiary/aromatic N) is 1. The standard InChI is InChI=1S/C15H28N2O2/c1-3-5-15(6-8-16-9-7-15)14(19)17-10-4-13(18)12(2)11-17/h12-13,16,18H,3-11H2,1-2H3. The molecule has 2 aliphatic rings. The van der Waals surface area contributed by atoms with E-state index in [-0.39, 0.29) is 17.4 Å². The number of nitrogens with one attached hydrogen (secondary N) is 1. The van der Waals surface area contributed by atoms with Crippen LogP contribution in [0, 0.1) is 11.3 Å². The Bertz CT molecular complexity index is 308. The van der Waals surface area contributed by atoms with Crippen molar-refractivity contribution in [1.29, 1.82) is 0 Å². The summed E-state index contributed by atoms with van der Waals surface area (Å²) in [5.74, 6) is 0.549. The van der Waals surface area contributed by atoms with E-state index in [4.69, 9.17) is 0 Å². The SMILES string of the molecule is CCCC1(C(=O)N2CCC(O)C(C)C2)CCNCC1. The van der Waals surface area contributed by atoms with Crippen LogP contribution < -0.4 is 5.32 Å². The Labute approximate surface area is 116 Å². The maximum Gasteiger partial charge on any atom is 0.228 e. The summed E-state index contributed by atoms with van der Waals surface area (Å²) in [6.07, 6.45) is 4.49. The van der Waals surface area contributed by atoms with Gasteiger partial charge in [0, 0.05) is 13.1 Å². The first-order valence-electron chi connectivity index (χ1n) is 7.77. The summed E-state index contributed by atoms with van der Waals surface area (Å²) in [7, 11) is 0. The molecule has 4 heteroatoms. The van der Waals surface area contributed by atoms with Crippen LogP contribution in [-0.2, 0) is 4.79 Å². The fourth-order valence-corrected chi connectivity index (χ4v) is 3.61. The fraction of sp³-hybridized carbons (Fsp3) is 0.933. The molecule has 19 heavy (non-hydrogen) atoms. The molecule has 4 nitrogen and oxygen atoms in total. The zero-order valence-electron chi connectivity index (χ0n) is 12.3. The minimum atomic E-state index is -0.237. The van der Waals surface area contributed by atoms with Crippen LogP contribution in [0.5, 0.6) is 0 Å². The topological polar surface area (TPSA) is 52.6 Å². The lowest BCUT2D eigenvalue weighted by Crippen LogP contribution is -2.53. The van der Waals surface area contributed by atoms with Gasteiger partial charge in [-0.25, -0.2) is 0 Å². The van der Waals surface area contributed by atoms with Crippen LogP contribution >= 0.6 is 0 Å². The Morgan fingerprint density at radius 2 is 2.11 bits per heavy atom. The lowest BCUT2D eigenvalue weighted by Gasteiger charge is -2.43.